The van der Waals surface area contributed by atoms with Gasteiger partial charge < -0.3 is 5.11 Å². The molecule has 2 heteroatoms. The molecule has 4 aliphatic carbocycles. The normalized spacial score (nSPS) is 43.9. The minimum atomic E-state index is -0.248. The van der Waals surface area contributed by atoms with Crippen molar-refractivity contribution in [1.29, 1.82) is 0 Å². The molecule has 3 fully saturated rings. The molecular formula is C29H46O2. The average Bonchev–Trinajstić information content (AvgIpc) is 3.06. The highest BCUT2D eigenvalue weighted by Gasteiger charge is 2.61. The molecule has 4 rings (SSSR count). The number of hydrogen-bond donors (Lipinski definition) is 1. The molecule has 8 atom stereocenters. The van der Waals surface area contributed by atoms with E-state index < -0.39 is 0 Å². The molecule has 0 aliphatic heterocycles. The Morgan fingerprint density at radius 1 is 1.13 bits per heavy atom. The Labute approximate surface area is 191 Å². The van der Waals surface area contributed by atoms with Crippen LogP contribution >= 0.6 is 0 Å². The maximum Gasteiger partial charge on any atom is 0.159 e. The fourth-order valence-electron chi connectivity index (χ4n) is 8.72. The summed E-state index contributed by atoms with van der Waals surface area (Å²) >= 11 is 0. The minimum Gasteiger partial charge on any atom is -0.393 e. The highest BCUT2D eigenvalue weighted by Crippen LogP contribution is 2.66. The van der Waals surface area contributed by atoms with Crippen LogP contribution in [-0.2, 0) is 4.79 Å². The summed E-state index contributed by atoms with van der Waals surface area (Å²) in [5.74, 6) is 3.80. The van der Waals surface area contributed by atoms with E-state index in [0.717, 1.165) is 31.1 Å². The van der Waals surface area contributed by atoms with Crippen LogP contribution in [0.5, 0.6) is 0 Å². The summed E-state index contributed by atoms with van der Waals surface area (Å²) < 4.78 is 0. The predicted octanol–water partition coefficient (Wildman–Crippen LogP) is 7.12. The van der Waals surface area contributed by atoms with Crippen LogP contribution in [0.2, 0.25) is 0 Å². The largest absolute Gasteiger partial charge is 0.393 e. The van der Waals surface area contributed by atoms with Crippen molar-refractivity contribution in [3.05, 3.63) is 23.3 Å². The number of fused-ring (bicyclic) bond motifs is 5. The zero-order chi connectivity index (χ0) is 22.6. The van der Waals surface area contributed by atoms with Gasteiger partial charge in [-0.3, -0.25) is 4.79 Å². The molecule has 0 aromatic rings. The van der Waals surface area contributed by atoms with E-state index in [2.05, 4.69) is 47.6 Å². The quantitative estimate of drug-likeness (QED) is 0.475. The summed E-state index contributed by atoms with van der Waals surface area (Å²) in [6.45, 7) is 14.3. The lowest BCUT2D eigenvalue weighted by Gasteiger charge is -2.57. The fraction of sp³-hybridized carbons (Fsp3) is 0.828. The van der Waals surface area contributed by atoms with Crippen molar-refractivity contribution in [3.8, 4) is 0 Å². The highest BCUT2D eigenvalue weighted by atomic mass is 16.3. The van der Waals surface area contributed by atoms with Gasteiger partial charge in [0.05, 0.1) is 6.10 Å². The summed E-state index contributed by atoms with van der Waals surface area (Å²) in [7, 11) is 0. The van der Waals surface area contributed by atoms with Gasteiger partial charge >= 0.3 is 0 Å². The molecule has 2 nitrogen and oxygen atoms in total. The van der Waals surface area contributed by atoms with Crippen LogP contribution in [0.25, 0.3) is 0 Å². The Bertz CT molecular complexity index is 761. The SMILES string of the molecule is C/C=C(/CC[C@@H](C)[C@H]1CC[C@H]2[C@@H]3C(=O)C=C4C[C@@H](O)CC[C@]4(C)[C@H]3CC[C@]12C)C(C)C. The second-order valence-electron chi connectivity index (χ2n) is 12.4. The van der Waals surface area contributed by atoms with E-state index in [4.69, 9.17) is 0 Å². The topological polar surface area (TPSA) is 37.3 Å². The molecule has 0 aromatic carbocycles. The lowest BCUT2D eigenvalue weighted by Crippen LogP contribution is -2.53. The van der Waals surface area contributed by atoms with E-state index in [1.165, 1.54) is 44.1 Å². The van der Waals surface area contributed by atoms with E-state index in [0.29, 0.717) is 29.0 Å². The first-order chi connectivity index (χ1) is 14.6. The van der Waals surface area contributed by atoms with Crippen molar-refractivity contribution in [1.82, 2.24) is 0 Å². The van der Waals surface area contributed by atoms with Crippen molar-refractivity contribution >= 4 is 5.78 Å². The summed E-state index contributed by atoms with van der Waals surface area (Å²) in [6.07, 6.45) is 14.3. The van der Waals surface area contributed by atoms with E-state index in [1.807, 2.05) is 6.08 Å². The molecule has 0 heterocycles. The molecule has 0 spiro atoms. The first-order valence-electron chi connectivity index (χ1n) is 13.2. The van der Waals surface area contributed by atoms with Crippen molar-refractivity contribution < 1.29 is 9.90 Å². The van der Waals surface area contributed by atoms with Gasteiger partial charge in [-0.1, -0.05) is 51.8 Å². The summed E-state index contributed by atoms with van der Waals surface area (Å²) in [5.41, 5.74) is 3.32. The molecule has 0 radical (unpaired) electrons. The maximum absolute atomic E-state index is 13.5. The van der Waals surface area contributed by atoms with Gasteiger partial charge in [-0.05, 0) is 111 Å². The van der Waals surface area contributed by atoms with Crippen molar-refractivity contribution in [2.45, 2.75) is 105 Å². The van der Waals surface area contributed by atoms with E-state index in [-0.39, 0.29) is 17.4 Å². The van der Waals surface area contributed by atoms with Gasteiger partial charge in [-0.2, -0.15) is 0 Å². The molecule has 0 unspecified atom stereocenters. The summed E-state index contributed by atoms with van der Waals surface area (Å²) in [5, 5.41) is 10.2. The van der Waals surface area contributed by atoms with Crippen molar-refractivity contribution in [3.63, 3.8) is 0 Å². The van der Waals surface area contributed by atoms with Crippen LogP contribution in [0.4, 0.5) is 0 Å². The minimum absolute atomic E-state index is 0.140. The zero-order valence-electron chi connectivity index (χ0n) is 20.9. The van der Waals surface area contributed by atoms with Gasteiger partial charge in [0.2, 0.25) is 0 Å². The molecule has 0 saturated heterocycles. The molecule has 0 aromatic heterocycles. The maximum atomic E-state index is 13.5. The Morgan fingerprint density at radius 2 is 1.87 bits per heavy atom. The molecule has 0 amide bonds. The van der Waals surface area contributed by atoms with Gasteiger partial charge in [0, 0.05) is 5.92 Å². The van der Waals surface area contributed by atoms with Crippen LogP contribution in [0, 0.1) is 46.3 Å². The number of allylic oxidation sites excluding steroid dienone is 3. The molecule has 0 bridgehead atoms. The van der Waals surface area contributed by atoms with Gasteiger partial charge in [-0.15, -0.1) is 0 Å². The van der Waals surface area contributed by atoms with E-state index in [1.54, 1.807) is 5.57 Å². The predicted molar refractivity (Wildman–Crippen MR) is 129 cm³/mol. The number of hydrogen-bond acceptors (Lipinski definition) is 2. The lowest BCUT2D eigenvalue weighted by molar-refractivity contribution is -0.135. The molecule has 31 heavy (non-hydrogen) atoms. The van der Waals surface area contributed by atoms with Crippen LogP contribution in [0.1, 0.15) is 99.3 Å². The van der Waals surface area contributed by atoms with Gasteiger partial charge in [0.1, 0.15) is 0 Å². The Kier molecular flexibility index (Phi) is 6.36. The van der Waals surface area contributed by atoms with Crippen molar-refractivity contribution in [2.75, 3.05) is 0 Å². The number of rotatable bonds is 5. The lowest BCUT2D eigenvalue weighted by atomic mass is 9.46. The third-order valence-electron chi connectivity index (χ3n) is 10.7. The number of aliphatic hydroxyl groups is 1. The number of carbonyl (C=O) groups excluding carboxylic acids is 1. The van der Waals surface area contributed by atoms with Crippen molar-refractivity contribution in [2.24, 2.45) is 46.3 Å². The van der Waals surface area contributed by atoms with Gasteiger partial charge in [0.25, 0.3) is 0 Å². The highest BCUT2D eigenvalue weighted by molar-refractivity contribution is 5.94. The Balaban J connectivity index is 1.54. The van der Waals surface area contributed by atoms with Crippen LogP contribution in [0.3, 0.4) is 0 Å². The number of carbonyl (C=O) groups is 1. The van der Waals surface area contributed by atoms with E-state index >= 15 is 0 Å². The van der Waals surface area contributed by atoms with E-state index in [9.17, 15) is 9.90 Å². The fourth-order valence-corrected chi connectivity index (χ4v) is 8.72. The average molecular weight is 427 g/mol. The first-order valence-corrected chi connectivity index (χ1v) is 13.2. The number of ketones is 1. The molecule has 174 valence electrons. The first kappa shape index (κ1) is 23.3. The molecule has 3 saturated carbocycles. The van der Waals surface area contributed by atoms with Crippen LogP contribution < -0.4 is 0 Å². The van der Waals surface area contributed by atoms with Crippen LogP contribution in [-0.4, -0.2) is 17.0 Å². The van der Waals surface area contributed by atoms with Gasteiger partial charge in [0.15, 0.2) is 5.78 Å². The number of aliphatic hydroxyl groups excluding tert-OH is 1. The molecular weight excluding hydrogens is 380 g/mol. The Morgan fingerprint density at radius 3 is 2.55 bits per heavy atom. The second kappa shape index (κ2) is 8.47. The van der Waals surface area contributed by atoms with Crippen LogP contribution in [0.15, 0.2) is 23.3 Å². The third kappa shape index (κ3) is 3.79. The molecule has 1 N–H and O–H groups in total. The second-order valence-corrected chi connectivity index (χ2v) is 12.4. The summed E-state index contributed by atoms with van der Waals surface area (Å²) in [6, 6.07) is 0. The standard InChI is InChI=1S/C29H46O2/c1-7-20(18(2)3)9-8-19(4)23-10-11-24-27-25(13-15-29(23,24)6)28(5)14-12-22(30)16-21(28)17-26(27)31/h7,17-19,22-25,27,30H,8-16H2,1-6H3/b20-7-/t19-,22+,23-,24+,25+,27+,28+,29-/m1/s1. The summed E-state index contributed by atoms with van der Waals surface area (Å²) in [4.78, 5) is 13.5. The molecule has 4 aliphatic rings. The Hall–Kier alpha value is -0.890. The zero-order valence-corrected chi connectivity index (χ0v) is 20.9. The smallest absolute Gasteiger partial charge is 0.159 e. The monoisotopic (exact) mass is 426 g/mol. The van der Waals surface area contributed by atoms with Gasteiger partial charge in [-0.25, -0.2) is 0 Å². The third-order valence-corrected chi connectivity index (χ3v) is 10.7.